The molecule has 3 rings (SSSR count). The molecule has 0 radical (unpaired) electrons. The first-order valence-electron chi connectivity index (χ1n) is 8.19. The van der Waals surface area contributed by atoms with Gasteiger partial charge in [0.2, 0.25) is 0 Å². The summed E-state index contributed by atoms with van der Waals surface area (Å²) in [5.74, 6) is -0.196. The monoisotopic (exact) mass is 330 g/mol. The predicted octanol–water partition coefficient (Wildman–Crippen LogP) is 2.26. The Morgan fingerprint density at radius 1 is 1.33 bits per heavy atom. The van der Waals surface area contributed by atoms with E-state index in [1.165, 1.54) is 11.8 Å². The van der Waals surface area contributed by atoms with Crippen LogP contribution in [-0.2, 0) is 6.54 Å². The van der Waals surface area contributed by atoms with Crippen molar-refractivity contribution in [3.8, 4) is 5.75 Å². The number of carbonyl (C=O) groups is 1. The summed E-state index contributed by atoms with van der Waals surface area (Å²) >= 11 is 0. The van der Waals surface area contributed by atoms with E-state index in [-0.39, 0.29) is 17.8 Å². The van der Waals surface area contributed by atoms with Gasteiger partial charge in [0, 0.05) is 12.6 Å². The Hall–Kier alpha value is -2.41. The molecular weight excluding hydrogens is 308 g/mol. The molecule has 0 saturated heterocycles. The van der Waals surface area contributed by atoms with Crippen molar-refractivity contribution in [3.63, 3.8) is 0 Å². The molecule has 2 aromatic rings. The maximum atomic E-state index is 11.0. The molecule has 0 spiro atoms. The Morgan fingerprint density at radius 3 is 2.75 bits per heavy atom. The molecule has 1 aromatic heterocycles. The number of ether oxygens (including phenoxy) is 1. The second-order valence-corrected chi connectivity index (χ2v) is 6.08. The zero-order valence-electron chi connectivity index (χ0n) is 13.7. The third-order valence-corrected chi connectivity index (χ3v) is 4.53. The molecule has 7 heteroatoms. The number of benzene rings is 1. The van der Waals surface area contributed by atoms with E-state index in [9.17, 15) is 4.79 Å². The van der Waals surface area contributed by atoms with E-state index in [0.717, 1.165) is 38.0 Å². The molecule has 0 aliphatic heterocycles. The average Bonchev–Trinajstić information content (AvgIpc) is 3.11. The number of hydrogen-bond donors (Lipinski definition) is 2. The van der Waals surface area contributed by atoms with Gasteiger partial charge in [-0.3, -0.25) is 0 Å². The minimum Gasteiger partial charge on any atom is -0.497 e. The van der Waals surface area contributed by atoms with Gasteiger partial charge < -0.3 is 15.2 Å². The molecule has 1 aliphatic rings. The largest absolute Gasteiger partial charge is 0.497 e. The van der Waals surface area contributed by atoms with Crippen molar-refractivity contribution in [2.45, 2.75) is 44.3 Å². The van der Waals surface area contributed by atoms with Gasteiger partial charge in [-0.15, -0.1) is 5.10 Å². The van der Waals surface area contributed by atoms with Crippen molar-refractivity contribution in [2.75, 3.05) is 7.11 Å². The van der Waals surface area contributed by atoms with Gasteiger partial charge in [-0.25, -0.2) is 9.48 Å². The van der Waals surface area contributed by atoms with Crippen molar-refractivity contribution in [3.05, 3.63) is 41.7 Å². The molecule has 24 heavy (non-hydrogen) atoms. The van der Waals surface area contributed by atoms with Crippen LogP contribution >= 0.6 is 0 Å². The molecule has 1 aromatic carbocycles. The van der Waals surface area contributed by atoms with Crippen LogP contribution in [0, 0.1) is 0 Å². The van der Waals surface area contributed by atoms with Crippen molar-refractivity contribution < 1.29 is 14.6 Å². The van der Waals surface area contributed by atoms with Gasteiger partial charge in [0.05, 0.1) is 19.3 Å². The van der Waals surface area contributed by atoms with Crippen LogP contribution in [0.5, 0.6) is 5.75 Å². The number of aromatic nitrogens is 3. The van der Waals surface area contributed by atoms with Crippen LogP contribution in [0.2, 0.25) is 0 Å². The van der Waals surface area contributed by atoms with Gasteiger partial charge in [-0.1, -0.05) is 30.2 Å². The van der Waals surface area contributed by atoms with E-state index in [1.54, 1.807) is 11.8 Å². The zero-order chi connectivity index (χ0) is 16.9. The quantitative estimate of drug-likeness (QED) is 0.844. The number of methoxy groups -OCH3 is 1. The summed E-state index contributed by atoms with van der Waals surface area (Å²) in [5.41, 5.74) is 1.18. The van der Waals surface area contributed by atoms with Crippen LogP contribution in [0.25, 0.3) is 0 Å². The lowest BCUT2D eigenvalue weighted by atomic mass is 9.90. The standard InChI is InChI=1S/C17H22N4O3/c1-24-13-8-6-12(7-9-13)10-18-14-4-2-3-5-16(14)21-11-15(17(22)23)19-20-21/h6-9,11,14,16,18H,2-5,10H2,1H3,(H,22,23). The summed E-state index contributed by atoms with van der Waals surface area (Å²) in [5, 5.41) is 20.4. The Kier molecular flexibility index (Phi) is 5.10. The Bertz CT molecular complexity index is 683. The summed E-state index contributed by atoms with van der Waals surface area (Å²) in [7, 11) is 1.66. The third kappa shape index (κ3) is 3.73. The van der Waals surface area contributed by atoms with Gasteiger partial charge in [-0.2, -0.15) is 0 Å². The Morgan fingerprint density at radius 2 is 2.08 bits per heavy atom. The van der Waals surface area contributed by atoms with E-state index in [4.69, 9.17) is 9.84 Å². The van der Waals surface area contributed by atoms with Crippen LogP contribution in [-0.4, -0.2) is 39.2 Å². The molecule has 0 amide bonds. The van der Waals surface area contributed by atoms with Crippen LogP contribution in [0.15, 0.2) is 30.5 Å². The smallest absolute Gasteiger partial charge is 0.358 e. The van der Waals surface area contributed by atoms with Gasteiger partial charge in [-0.05, 0) is 30.5 Å². The summed E-state index contributed by atoms with van der Waals surface area (Å²) < 4.78 is 6.88. The first kappa shape index (κ1) is 16.4. The average molecular weight is 330 g/mol. The minimum atomic E-state index is -1.04. The highest BCUT2D eigenvalue weighted by molar-refractivity contribution is 5.84. The number of rotatable bonds is 6. The van der Waals surface area contributed by atoms with E-state index in [0.29, 0.717) is 0 Å². The Labute approximate surface area is 140 Å². The maximum Gasteiger partial charge on any atom is 0.358 e. The van der Waals surface area contributed by atoms with Crippen LogP contribution in [0.4, 0.5) is 0 Å². The molecule has 1 saturated carbocycles. The number of aromatic carboxylic acids is 1. The maximum absolute atomic E-state index is 11.0. The second-order valence-electron chi connectivity index (χ2n) is 6.08. The van der Waals surface area contributed by atoms with Crippen molar-refractivity contribution >= 4 is 5.97 Å². The van der Waals surface area contributed by atoms with Gasteiger partial charge in [0.1, 0.15) is 5.75 Å². The fraction of sp³-hybridized carbons (Fsp3) is 0.471. The normalized spacial score (nSPS) is 20.7. The van der Waals surface area contributed by atoms with Gasteiger partial charge in [0.25, 0.3) is 0 Å². The van der Waals surface area contributed by atoms with Crippen molar-refractivity contribution in [1.82, 2.24) is 20.3 Å². The predicted molar refractivity (Wildman–Crippen MR) is 88.1 cm³/mol. The molecule has 2 N–H and O–H groups in total. The zero-order valence-corrected chi connectivity index (χ0v) is 13.7. The fourth-order valence-electron chi connectivity index (χ4n) is 3.20. The van der Waals surface area contributed by atoms with E-state index in [2.05, 4.69) is 15.6 Å². The van der Waals surface area contributed by atoms with E-state index in [1.807, 2.05) is 24.3 Å². The minimum absolute atomic E-state index is 0.00511. The summed E-state index contributed by atoms with van der Waals surface area (Å²) in [6.07, 6.45) is 5.83. The lowest BCUT2D eigenvalue weighted by Gasteiger charge is -2.32. The molecule has 2 atom stereocenters. The highest BCUT2D eigenvalue weighted by Gasteiger charge is 2.27. The number of carboxylic acid groups (broad SMARTS) is 1. The lowest BCUT2D eigenvalue weighted by Crippen LogP contribution is -2.39. The molecular formula is C17H22N4O3. The van der Waals surface area contributed by atoms with E-state index < -0.39 is 5.97 Å². The Balaban J connectivity index is 1.66. The van der Waals surface area contributed by atoms with Gasteiger partial charge >= 0.3 is 5.97 Å². The highest BCUT2D eigenvalue weighted by Crippen LogP contribution is 2.28. The first-order valence-corrected chi connectivity index (χ1v) is 8.19. The van der Waals surface area contributed by atoms with E-state index >= 15 is 0 Å². The van der Waals surface area contributed by atoms with Crippen LogP contribution in [0.3, 0.4) is 0 Å². The summed E-state index contributed by atoms with van der Waals surface area (Å²) in [6, 6.07) is 8.38. The number of carboxylic acids is 1. The molecule has 1 aliphatic carbocycles. The van der Waals surface area contributed by atoms with Crippen LogP contribution < -0.4 is 10.1 Å². The third-order valence-electron chi connectivity index (χ3n) is 4.53. The molecule has 1 heterocycles. The highest BCUT2D eigenvalue weighted by atomic mass is 16.5. The molecule has 0 bridgehead atoms. The second kappa shape index (κ2) is 7.44. The van der Waals surface area contributed by atoms with Crippen molar-refractivity contribution in [2.24, 2.45) is 0 Å². The molecule has 1 fully saturated rings. The SMILES string of the molecule is COc1ccc(CNC2CCCCC2n2cc(C(=O)O)nn2)cc1. The van der Waals surface area contributed by atoms with Gasteiger partial charge in [0.15, 0.2) is 5.69 Å². The van der Waals surface area contributed by atoms with Crippen molar-refractivity contribution in [1.29, 1.82) is 0 Å². The number of hydrogen-bond acceptors (Lipinski definition) is 5. The molecule has 128 valence electrons. The topological polar surface area (TPSA) is 89.3 Å². The lowest BCUT2D eigenvalue weighted by molar-refractivity contribution is 0.0690. The number of nitrogens with zero attached hydrogens (tertiary/aromatic N) is 3. The number of nitrogens with one attached hydrogen (secondary N) is 1. The van der Waals surface area contributed by atoms with Crippen LogP contribution in [0.1, 0.15) is 47.8 Å². The summed E-state index contributed by atoms with van der Waals surface area (Å²) in [6.45, 7) is 0.756. The molecule has 2 unspecified atom stereocenters. The first-order chi connectivity index (χ1) is 11.7. The fourth-order valence-corrected chi connectivity index (χ4v) is 3.20. The molecule has 7 nitrogen and oxygen atoms in total. The summed E-state index contributed by atoms with van der Waals surface area (Å²) in [4.78, 5) is 11.0.